The van der Waals surface area contributed by atoms with Crippen LogP contribution in [0.5, 0.6) is 5.75 Å². The third kappa shape index (κ3) is 8.48. The molecule has 1 aromatic heterocycles. The Morgan fingerprint density at radius 2 is 1.44 bits per heavy atom. The van der Waals surface area contributed by atoms with E-state index in [0.717, 1.165) is 23.8 Å². The molecule has 3 nitrogen and oxygen atoms in total. The number of aromatic nitrogens is 2. The van der Waals surface area contributed by atoms with E-state index >= 15 is 0 Å². The highest BCUT2D eigenvalue weighted by Crippen LogP contribution is 2.34. The minimum Gasteiger partial charge on any atom is -0.435 e. The number of benzene rings is 1. The van der Waals surface area contributed by atoms with Crippen molar-refractivity contribution in [1.29, 1.82) is 0 Å². The van der Waals surface area contributed by atoms with E-state index in [0.29, 0.717) is 5.82 Å². The van der Waals surface area contributed by atoms with Gasteiger partial charge in [0, 0.05) is 18.0 Å². The van der Waals surface area contributed by atoms with Gasteiger partial charge in [0.15, 0.2) is 5.82 Å². The molecule has 0 bridgehead atoms. The third-order valence-electron chi connectivity index (χ3n) is 6.82. The maximum atomic E-state index is 12.3. The van der Waals surface area contributed by atoms with E-state index in [-0.39, 0.29) is 5.75 Å². The number of hydrogen-bond donors (Lipinski definition) is 0. The Bertz CT molecular complexity index is 756. The number of aryl methyl sites for hydroxylation is 1. The molecule has 176 valence electrons. The van der Waals surface area contributed by atoms with Crippen molar-refractivity contribution in [1.82, 2.24) is 9.97 Å². The average Bonchev–Trinajstić information content (AvgIpc) is 2.81. The summed E-state index contributed by atoms with van der Waals surface area (Å²) < 4.78 is 28.9. The fraction of sp³-hybridized carbons (Fsp3) is 0.630. The third-order valence-corrected chi connectivity index (χ3v) is 6.82. The van der Waals surface area contributed by atoms with Crippen molar-refractivity contribution in [2.45, 2.75) is 97.0 Å². The van der Waals surface area contributed by atoms with E-state index in [2.05, 4.69) is 21.6 Å². The zero-order chi connectivity index (χ0) is 22.6. The highest BCUT2D eigenvalue weighted by molar-refractivity contribution is 5.55. The Balaban J connectivity index is 1.34. The number of nitrogens with zero attached hydrogens (tertiary/aromatic N) is 2. The second-order valence-corrected chi connectivity index (χ2v) is 9.30. The molecule has 3 rings (SSSR count). The summed E-state index contributed by atoms with van der Waals surface area (Å²) in [5, 5.41) is 0. The Hall–Kier alpha value is -2.04. The predicted octanol–water partition coefficient (Wildman–Crippen LogP) is 8.23. The minimum absolute atomic E-state index is 0.141. The summed E-state index contributed by atoms with van der Waals surface area (Å²) in [6.07, 6.45) is 21.4. The molecule has 0 unspecified atom stereocenters. The van der Waals surface area contributed by atoms with Gasteiger partial charge in [-0.2, -0.15) is 8.78 Å². The molecule has 1 aromatic carbocycles. The van der Waals surface area contributed by atoms with Gasteiger partial charge in [-0.15, -0.1) is 0 Å². The molecule has 0 N–H and O–H groups in total. The lowest BCUT2D eigenvalue weighted by Gasteiger charge is -2.28. The second kappa shape index (κ2) is 13.5. The lowest BCUT2D eigenvalue weighted by molar-refractivity contribution is -0.0498. The quantitative estimate of drug-likeness (QED) is 0.292. The maximum Gasteiger partial charge on any atom is 0.387 e. The van der Waals surface area contributed by atoms with Gasteiger partial charge in [-0.05, 0) is 54.5 Å². The number of ether oxygens (including phenoxy) is 1. The number of hydrogen-bond acceptors (Lipinski definition) is 3. The molecular formula is C27H38F2N2O. The Kier molecular flexibility index (Phi) is 10.4. The van der Waals surface area contributed by atoms with Gasteiger partial charge in [-0.3, -0.25) is 0 Å². The van der Waals surface area contributed by atoms with Gasteiger partial charge in [0.1, 0.15) is 5.75 Å². The molecule has 0 amide bonds. The molecule has 1 aliphatic carbocycles. The van der Waals surface area contributed by atoms with Crippen molar-refractivity contribution in [3.05, 3.63) is 42.2 Å². The summed E-state index contributed by atoms with van der Waals surface area (Å²) in [4.78, 5) is 8.95. The van der Waals surface area contributed by atoms with Gasteiger partial charge in [-0.25, -0.2) is 9.97 Å². The van der Waals surface area contributed by atoms with Gasteiger partial charge < -0.3 is 4.74 Å². The van der Waals surface area contributed by atoms with Crippen molar-refractivity contribution in [2.24, 2.45) is 11.8 Å². The highest BCUT2D eigenvalue weighted by Gasteiger charge is 2.20. The summed E-state index contributed by atoms with van der Waals surface area (Å²) in [7, 11) is 0. The van der Waals surface area contributed by atoms with Crippen molar-refractivity contribution in [3.63, 3.8) is 0 Å². The monoisotopic (exact) mass is 444 g/mol. The maximum absolute atomic E-state index is 12.3. The van der Waals surface area contributed by atoms with Crippen LogP contribution >= 0.6 is 0 Å². The summed E-state index contributed by atoms with van der Waals surface area (Å²) in [5.74, 6) is 2.53. The number of rotatable bonds is 13. The molecule has 0 atom stereocenters. The summed E-state index contributed by atoms with van der Waals surface area (Å²) in [6.45, 7) is -0.537. The average molecular weight is 445 g/mol. The van der Waals surface area contributed by atoms with Crippen LogP contribution in [0.25, 0.3) is 11.4 Å². The Morgan fingerprint density at radius 1 is 0.844 bits per heavy atom. The van der Waals surface area contributed by atoms with Crippen LogP contribution in [0.15, 0.2) is 36.7 Å². The molecule has 1 heterocycles. The molecule has 2 aromatic rings. The molecule has 1 saturated carbocycles. The van der Waals surface area contributed by atoms with E-state index in [4.69, 9.17) is 0 Å². The van der Waals surface area contributed by atoms with E-state index in [1.807, 2.05) is 12.4 Å². The molecule has 32 heavy (non-hydrogen) atoms. The van der Waals surface area contributed by atoms with Crippen LogP contribution in [0, 0.1) is 11.8 Å². The van der Waals surface area contributed by atoms with Crippen LogP contribution < -0.4 is 4.74 Å². The van der Waals surface area contributed by atoms with Gasteiger partial charge >= 0.3 is 6.61 Å². The molecule has 0 aliphatic heterocycles. The zero-order valence-corrected chi connectivity index (χ0v) is 19.4. The SMILES string of the molecule is CCCCCCCCC1CCC(CCc2cnc(-c3ccc(OC(F)F)cc3)nc2)CC1. The first-order valence-electron chi connectivity index (χ1n) is 12.5. The molecule has 5 heteroatoms. The highest BCUT2D eigenvalue weighted by atomic mass is 19.3. The second-order valence-electron chi connectivity index (χ2n) is 9.30. The zero-order valence-electron chi connectivity index (χ0n) is 19.4. The molecule has 0 spiro atoms. The Morgan fingerprint density at radius 3 is 2.06 bits per heavy atom. The number of halogens is 2. The van der Waals surface area contributed by atoms with Crippen LogP contribution in [-0.2, 0) is 6.42 Å². The Labute approximate surface area is 192 Å². The van der Waals surface area contributed by atoms with Crippen molar-refractivity contribution >= 4 is 0 Å². The van der Waals surface area contributed by atoms with E-state index in [1.165, 1.54) is 94.7 Å². The lowest BCUT2D eigenvalue weighted by atomic mass is 9.78. The first-order chi connectivity index (χ1) is 15.6. The minimum atomic E-state index is -2.81. The van der Waals surface area contributed by atoms with Crippen molar-refractivity contribution in [3.8, 4) is 17.1 Å². The van der Waals surface area contributed by atoms with Crippen molar-refractivity contribution < 1.29 is 13.5 Å². The smallest absolute Gasteiger partial charge is 0.387 e. The van der Waals surface area contributed by atoms with Gasteiger partial charge in [-0.1, -0.05) is 77.6 Å². The molecule has 0 saturated heterocycles. The van der Waals surface area contributed by atoms with Crippen LogP contribution in [0.1, 0.15) is 89.5 Å². The number of unbranched alkanes of at least 4 members (excludes halogenated alkanes) is 5. The predicted molar refractivity (Wildman–Crippen MR) is 126 cm³/mol. The van der Waals surface area contributed by atoms with Gasteiger partial charge in [0.2, 0.25) is 0 Å². The fourth-order valence-corrected chi connectivity index (χ4v) is 4.81. The normalized spacial score (nSPS) is 18.8. The van der Waals surface area contributed by atoms with Crippen LogP contribution in [0.2, 0.25) is 0 Å². The topological polar surface area (TPSA) is 35.0 Å². The standard InChI is InChI=1S/C27H38F2N2O/c1-2-3-4-5-6-7-8-21-9-11-22(12-10-21)13-14-23-19-30-26(31-20-23)24-15-17-25(18-16-24)32-27(28)29/h15-22,27H,2-14H2,1H3. The largest absolute Gasteiger partial charge is 0.435 e. The summed E-state index contributed by atoms with van der Waals surface area (Å²) >= 11 is 0. The summed E-state index contributed by atoms with van der Waals surface area (Å²) in [6, 6.07) is 6.44. The summed E-state index contributed by atoms with van der Waals surface area (Å²) in [5.41, 5.74) is 1.96. The first kappa shape index (κ1) is 24.6. The van der Waals surface area contributed by atoms with Crippen LogP contribution in [0.4, 0.5) is 8.78 Å². The van der Waals surface area contributed by atoms with E-state index in [1.54, 1.807) is 12.1 Å². The van der Waals surface area contributed by atoms with Gasteiger partial charge in [0.05, 0.1) is 0 Å². The molecule has 1 fully saturated rings. The fourth-order valence-electron chi connectivity index (χ4n) is 4.81. The molecule has 1 aliphatic rings. The molecule has 0 radical (unpaired) electrons. The van der Waals surface area contributed by atoms with Crippen LogP contribution in [-0.4, -0.2) is 16.6 Å². The lowest BCUT2D eigenvalue weighted by Crippen LogP contribution is -2.15. The van der Waals surface area contributed by atoms with Crippen molar-refractivity contribution in [2.75, 3.05) is 0 Å². The van der Waals surface area contributed by atoms with Gasteiger partial charge in [0.25, 0.3) is 0 Å². The van der Waals surface area contributed by atoms with E-state index in [9.17, 15) is 8.78 Å². The first-order valence-corrected chi connectivity index (χ1v) is 12.5. The number of alkyl halides is 2. The van der Waals surface area contributed by atoms with Crippen LogP contribution in [0.3, 0.4) is 0 Å². The van der Waals surface area contributed by atoms with E-state index < -0.39 is 6.61 Å². The molecular weight excluding hydrogens is 406 g/mol.